The van der Waals surface area contributed by atoms with Gasteiger partial charge < -0.3 is 10.1 Å². The maximum Gasteiger partial charge on any atom is 0.252 e. The average molecular weight is 520 g/mol. The number of aromatic nitrogens is 5. The van der Waals surface area contributed by atoms with Gasteiger partial charge in [0.15, 0.2) is 11.6 Å². The van der Waals surface area contributed by atoms with Crippen LogP contribution >= 0.6 is 0 Å². The van der Waals surface area contributed by atoms with Gasteiger partial charge in [-0.1, -0.05) is 17.7 Å². The third kappa shape index (κ3) is 7.18. The van der Waals surface area contributed by atoms with Crippen LogP contribution in [0.15, 0.2) is 58.9 Å². The van der Waals surface area contributed by atoms with Gasteiger partial charge in [-0.25, -0.2) is 29.0 Å². The van der Waals surface area contributed by atoms with Crippen molar-refractivity contribution in [2.24, 2.45) is 4.99 Å². The summed E-state index contributed by atoms with van der Waals surface area (Å²) in [6.07, 6.45) is 6.58. The number of nitrogens with one attached hydrogen (secondary N) is 1. The van der Waals surface area contributed by atoms with Crippen molar-refractivity contribution in [1.29, 1.82) is 0 Å². The summed E-state index contributed by atoms with van der Waals surface area (Å²) >= 11 is 0. The molecule has 1 N–H and O–H groups in total. The fraction of sp³-hybridized carbons (Fsp3) is 0.357. The van der Waals surface area contributed by atoms with Crippen LogP contribution in [0.25, 0.3) is 11.4 Å². The lowest BCUT2D eigenvalue weighted by atomic mass is 10.0. The number of halogens is 1. The minimum absolute atomic E-state index is 0.117. The van der Waals surface area contributed by atoms with Crippen molar-refractivity contribution in [1.82, 2.24) is 30.0 Å². The van der Waals surface area contributed by atoms with Crippen LogP contribution in [0.3, 0.4) is 0 Å². The smallest absolute Gasteiger partial charge is 0.252 e. The molecule has 9 nitrogen and oxygen atoms in total. The highest BCUT2D eigenvalue weighted by atomic mass is 19.1. The number of rotatable bonds is 11. The number of hydrogen-bond acceptors (Lipinski definition) is 7. The van der Waals surface area contributed by atoms with E-state index in [0.717, 1.165) is 35.6 Å². The third-order valence-corrected chi connectivity index (χ3v) is 5.74. The standard InChI is InChI=1S/C28H34FN7O2/c1-7-22(28(37)30-5)25(15-18(2)11-12-21-16-19(3)32-20(4)33-21)34-24-10-8-9-23(26(24)38-6)27-31-17-36(35-27)14-13-29/h7-10,15-17H,11-14H2,1-6H3,(H,30,37)/b18-15+,22-7+,34-25?. The van der Waals surface area contributed by atoms with Crippen LogP contribution in [-0.2, 0) is 17.8 Å². The summed E-state index contributed by atoms with van der Waals surface area (Å²) < 4.78 is 19.9. The maximum absolute atomic E-state index is 12.8. The Morgan fingerprint density at radius 3 is 2.71 bits per heavy atom. The van der Waals surface area contributed by atoms with Gasteiger partial charge in [0, 0.05) is 18.4 Å². The van der Waals surface area contributed by atoms with Crippen LogP contribution in [0.1, 0.15) is 37.5 Å². The first-order valence-corrected chi connectivity index (χ1v) is 12.4. The molecule has 0 aliphatic carbocycles. The molecule has 0 fully saturated rings. The van der Waals surface area contributed by atoms with Crippen LogP contribution in [0, 0.1) is 13.8 Å². The number of methoxy groups -OCH3 is 1. The highest BCUT2D eigenvalue weighted by molar-refractivity contribution is 6.26. The summed E-state index contributed by atoms with van der Waals surface area (Å²) in [6.45, 7) is 7.21. The molecular weight excluding hydrogens is 485 g/mol. The molecule has 10 heteroatoms. The summed E-state index contributed by atoms with van der Waals surface area (Å²) in [5, 5.41) is 7.03. The molecule has 0 bridgehead atoms. The number of aliphatic imine (C=N–C) groups is 1. The van der Waals surface area contributed by atoms with E-state index in [9.17, 15) is 9.18 Å². The largest absolute Gasteiger partial charge is 0.494 e. The zero-order valence-electron chi connectivity index (χ0n) is 22.7. The zero-order valence-corrected chi connectivity index (χ0v) is 22.7. The summed E-state index contributed by atoms with van der Waals surface area (Å²) in [6, 6.07) is 7.41. The van der Waals surface area contributed by atoms with Crippen LogP contribution in [0.4, 0.5) is 10.1 Å². The lowest BCUT2D eigenvalue weighted by molar-refractivity contribution is -0.116. The molecule has 1 amide bonds. The van der Waals surface area contributed by atoms with Gasteiger partial charge in [-0.05, 0) is 64.8 Å². The van der Waals surface area contributed by atoms with E-state index in [2.05, 4.69) is 25.4 Å². The van der Waals surface area contributed by atoms with E-state index in [0.29, 0.717) is 34.1 Å². The molecule has 2 aromatic heterocycles. The van der Waals surface area contributed by atoms with E-state index in [-0.39, 0.29) is 12.5 Å². The van der Waals surface area contributed by atoms with Crippen molar-refractivity contribution in [3.05, 3.63) is 71.1 Å². The minimum Gasteiger partial charge on any atom is -0.494 e. The lowest BCUT2D eigenvalue weighted by Gasteiger charge is -2.12. The SMILES string of the molecule is C/C=C(/C(=O)NC)C(/C=C(\C)CCc1cc(C)nc(C)n1)=Nc1cccc(-c2ncn(CCF)n2)c1OC. The number of alkyl halides is 1. The number of amides is 1. The Bertz CT molecular complexity index is 1360. The Kier molecular flexibility index (Phi) is 9.98. The maximum atomic E-state index is 12.8. The fourth-order valence-electron chi connectivity index (χ4n) is 4.00. The molecule has 38 heavy (non-hydrogen) atoms. The fourth-order valence-corrected chi connectivity index (χ4v) is 4.00. The van der Waals surface area contributed by atoms with Gasteiger partial charge in [0.05, 0.1) is 30.5 Å². The first-order chi connectivity index (χ1) is 18.3. The van der Waals surface area contributed by atoms with Gasteiger partial charge >= 0.3 is 0 Å². The lowest BCUT2D eigenvalue weighted by Crippen LogP contribution is -2.24. The van der Waals surface area contributed by atoms with Crippen molar-refractivity contribution in [3.63, 3.8) is 0 Å². The highest BCUT2D eigenvalue weighted by Gasteiger charge is 2.18. The zero-order chi connectivity index (χ0) is 27.7. The van der Waals surface area contributed by atoms with E-state index in [1.807, 2.05) is 45.0 Å². The van der Waals surface area contributed by atoms with Crippen molar-refractivity contribution in [2.45, 2.75) is 47.1 Å². The summed E-state index contributed by atoms with van der Waals surface area (Å²) in [5.74, 6) is 1.34. The molecule has 0 atom stereocenters. The Morgan fingerprint density at radius 1 is 1.26 bits per heavy atom. The molecule has 0 spiro atoms. The third-order valence-electron chi connectivity index (χ3n) is 5.74. The number of nitrogens with zero attached hydrogens (tertiary/aromatic N) is 6. The minimum atomic E-state index is -0.540. The van der Waals surface area contributed by atoms with Gasteiger partial charge in [-0.2, -0.15) is 5.10 Å². The van der Waals surface area contributed by atoms with Crippen molar-refractivity contribution >= 4 is 17.3 Å². The van der Waals surface area contributed by atoms with Gasteiger partial charge in [0.25, 0.3) is 5.91 Å². The Morgan fingerprint density at radius 2 is 2.05 bits per heavy atom. The molecule has 200 valence electrons. The summed E-state index contributed by atoms with van der Waals surface area (Å²) in [5.41, 5.74) is 4.97. The topological polar surface area (TPSA) is 107 Å². The van der Waals surface area contributed by atoms with Crippen molar-refractivity contribution in [2.75, 3.05) is 20.8 Å². The highest BCUT2D eigenvalue weighted by Crippen LogP contribution is 2.37. The first-order valence-electron chi connectivity index (χ1n) is 12.4. The number of hydrogen-bond donors (Lipinski definition) is 1. The predicted molar refractivity (Wildman–Crippen MR) is 146 cm³/mol. The van der Waals surface area contributed by atoms with Crippen molar-refractivity contribution in [3.8, 4) is 17.1 Å². The molecule has 0 aliphatic rings. The van der Waals surface area contributed by atoms with Gasteiger partial charge in [0.1, 0.15) is 24.5 Å². The number of allylic oxidation sites excluding steroid dienone is 3. The van der Waals surface area contributed by atoms with E-state index >= 15 is 0 Å². The molecule has 1 aromatic carbocycles. The van der Waals surface area contributed by atoms with Crippen molar-refractivity contribution < 1.29 is 13.9 Å². The molecule has 0 saturated heterocycles. The average Bonchev–Trinajstić information content (AvgIpc) is 3.35. The van der Waals surface area contributed by atoms with Gasteiger partial charge in [-0.3, -0.25) is 4.79 Å². The monoisotopic (exact) mass is 519 g/mol. The second-order valence-electron chi connectivity index (χ2n) is 8.70. The number of carbonyl (C=O) groups excluding carboxylic acids is 1. The van der Waals surface area contributed by atoms with Crippen LogP contribution in [0.5, 0.6) is 5.75 Å². The second kappa shape index (κ2) is 13.4. The van der Waals surface area contributed by atoms with Crippen LogP contribution < -0.4 is 10.1 Å². The molecule has 0 radical (unpaired) electrons. The summed E-state index contributed by atoms with van der Waals surface area (Å²) in [4.78, 5) is 30.8. The second-order valence-corrected chi connectivity index (χ2v) is 8.70. The number of para-hydroxylation sites is 1. The number of carbonyl (C=O) groups is 1. The predicted octanol–water partition coefficient (Wildman–Crippen LogP) is 4.67. The quantitative estimate of drug-likeness (QED) is 0.291. The molecule has 0 saturated carbocycles. The Balaban J connectivity index is 2.03. The first kappa shape index (κ1) is 28.4. The molecule has 0 unspecified atom stereocenters. The summed E-state index contributed by atoms with van der Waals surface area (Å²) in [7, 11) is 3.12. The van der Waals surface area contributed by atoms with E-state index in [4.69, 9.17) is 9.73 Å². The molecular formula is C28H34FN7O2. The molecule has 0 aliphatic heterocycles. The van der Waals surface area contributed by atoms with Gasteiger partial charge in [-0.15, -0.1) is 0 Å². The van der Waals surface area contributed by atoms with Crippen LogP contribution in [0.2, 0.25) is 0 Å². The Hall–Kier alpha value is -4.21. The number of ether oxygens (including phenoxy) is 1. The van der Waals surface area contributed by atoms with E-state index in [1.54, 1.807) is 26.1 Å². The normalized spacial score (nSPS) is 12.6. The Labute approximate surface area is 222 Å². The molecule has 2 heterocycles. The number of likely N-dealkylation sites (N-methyl/N-ethyl adjacent to an activating group) is 1. The number of aryl methyl sites for hydroxylation is 4. The van der Waals surface area contributed by atoms with Crippen LogP contribution in [-0.4, -0.2) is 57.2 Å². The van der Waals surface area contributed by atoms with E-state index < -0.39 is 6.67 Å². The van der Waals surface area contributed by atoms with Gasteiger partial charge in [0.2, 0.25) is 0 Å². The molecule has 3 aromatic rings. The molecule has 3 rings (SSSR count). The van der Waals surface area contributed by atoms with E-state index in [1.165, 1.54) is 18.1 Å². The number of benzene rings is 1.